The van der Waals surface area contributed by atoms with Crippen LogP contribution in [-0.2, 0) is 28.7 Å². The lowest BCUT2D eigenvalue weighted by atomic mass is 10.1. The van der Waals surface area contributed by atoms with Crippen molar-refractivity contribution >= 4 is 23.6 Å². The van der Waals surface area contributed by atoms with Gasteiger partial charge in [-0.15, -0.1) is 0 Å². The van der Waals surface area contributed by atoms with Crippen LogP contribution in [0.2, 0.25) is 0 Å². The van der Waals surface area contributed by atoms with Gasteiger partial charge in [0.15, 0.2) is 0 Å². The van der Waals surface area contributed by atoms with E-state index in [9.17, 15) is 19.2 Å². The Morgan fingerprint density at radius 1 is 0.605 bits per heavy atom. The van der Waals surface area contributed by atoms with E-state index in [0.29, 0.717) is 11.8 Å². The molecule has 2 fully saturated rings. The molecule has 2 heterocycles. The predicted molar refractivity (Wildman–Crippen MR) is 142 cm³/mol. The summed E-state index contributed by atoms with van der Waals surface area (Å²) in [5, 5.41) is 0. The number of hydrogen-bond donors (Lipinski definition) is 2. The van der Waals surface area contributed by atoms with E-state index in [1.807, 2.05) is 13.8 Å². The molecular formula is C26H48N6O6. The number of piperazine rings is 2. The molecule has 2 aliphatic heterocycles. The Bertz CT molecular complexity index is 722. The van der Waals surface area contributed by atoms with Gasteiger partial charge in [0.25, 0.3) is 0 Å². The van der Waals surface area contributed by atoms with Gasteiger partial charge in [-0.25, -0.2) is 0 Å². The summed E-state index contributed by atoms with van der Waals surface area (Å²) >= 11 is 0. The van der Waals surface area contributed by atoms with Crippen LogP contribution in [0.25, 0.3) is 0 Å². The minimum Gasteiger partial charge on any atom is -0.359 e. The first-order valence-corrected chi connectivity index (χ1v) is 13.6. The Labute approximate surface area is 226 Å². The molecule has 0 bridgehead atoms. The van der Waals surface area contributed by atoms with Gasteiger partial charge >= 0.3 is 0 Å². The van der Waals surface area contributed by atoms with E-state index in [1.165, 1.54) is 0 Å². The third-order valence-corrected chi connectivity index (χ3v) is 7.06. The van der Waals surface area contributed by atoms with Crippen LogP contribution in [-0.4, -0.2) is 120 Å². The lowest BCUT2D eigenvalue weighted by Gasteiger charge is -2.43. The zero-order valence-electron chi connectivity index (χ0n) is 23.9. The lowest BCUT2D eigenvalue weighted by Crippen LogP contribution is -2.63. The number of imide groups is 2. The number of nitrogens with zero attached hydrogens (tertiary/aromatic N) is 4. The summed E-state index contributed by atoms with van der Waals surface area (Å²) in [7, 11) is 0. The van der Waals surface area contributed by atoms with Gasteiger partial charge in [0.2, 0.25) is 23.6 Å². The largest absolute Gasteiger partial charge is 0.359 e. The number of hydrogen-bond acceptors (Lipinski definition) is 10. The second-order valence-electron chi connectivity index (χ2n) is 11.5. The summed E-state index contributed by atoms with van der Waals surface area (Å²) < 4.78 is 11.1. The van der Waals surface area contributed by atoms with E-state index in [1.54, 1.807) is 9.80 Å². The first kappa shape index (κ1) is 32.3. The van der Waals surface area contributed by atoms with Gasteiger partial charge in [0.1, 0.15) is 13.5 Å². The van der Waals surface area contributed by atoms with Crippen LogP contribution in [0.1, 0.15) is 54.4 Å². The van der Waals surface area contributed by atoms with Crippen molar-refractivity contribution in [1.29, 1.82) is 0 Å². The van der Waals surface area contributed by atoms with E-state index >= 15 is 0 Å². The summed E-state index contributed by atoms with van der Waals surface area (Å²) in [5.41, 5.74) is 12.0. The van der Waals surface area contributed by atoms with Crippen LogP contribution in [0.5, 0.6) is 0 Å². The molecule has 0 aromatic carbocycles. The smallest absolute Gasteiger partial charge is 0.245 e. The van der Waals surface area contributed by atoms with Crippen molar-refractivity contribution in [1.82, 2.24) is 19.6 Å². The molecular weight excluding hydrogens is 492 g/mol. The van der Waals surface area contributed by atoms with Crippen LogP contribution in [0.4, 0.5) is 0 Å². The molecule has 0 saturated carbocycles. The predicted octanol–water partition coefficient (Wildman–Crippen LogP) is -0.200. The topological polar surface area (TPSA) is 152 Å². The molecule has 2 aliphatic rings. The third kappa shape index (κ3) is 9.65. The van der Waals surface area contributed by atoms with Crippen LogP contribution in [0, 0.1) is 11.8 Å². The molecule has 4 unspecified atom stereocenters. The van der Waals surface area contributed by atoms with Crippen molar-refractivity contribution in [3.63, 3.8) is 0 Å². The van der Waals surface area contributed by atoms with Crippen LogP contribution in [0.15, 0.2) is 0 Å². The standard InChI is InChI=1S/C26H48N6O6/c1-17(2)7-21(27)13-37-15-31-23(33)9-29(10-24(31)34)19(5)20(6)30-11-25(35)32(26(36)12-30)16-38-14-22(28)8-18(3)4/h17-22H,7-16,27-28H2,1-6H3. The number of carbonyl (C=O) groups excluding carboxylic acids is 4. The van der Waals surface area contributed by atoms with Gasteiger partial charge in [-0.05, 0) is 38.5 Å². The van der Waals surface area contributed by atoms with Crippen LogP contribution >= 0.6 is 0 Å². The molecule has 12 heteroatoms. The average molecular weight is 541 g/mol. The molecule has 0 radical (unpaired) electrons. The molecule has 38 heavy (non-hydrogen) atoms. The van der Waals surface area contributed by atoms with E-state index in [-0.39, 0.29) is 101 Å². The molecule has 4 N–H and O–H groups in total. The first-order chi connectivity index (χ1) is 17.8. The van der Waals surface area contributed by atoms with E-state index in [2.05, 4.69) is 27.7 Å². The Morgan fingerprint density at radius 3 is 1.16 bits per heavy atom. The maximum Gasteiger partial charge on any atom is 0.245 e. The molecule has 12 nitrogen and oxygen atoms in total. The number of amides is 4. The summed E-state index contributed by atoms with van der Waals surface area (Å²) in [5.74, 6) is -0.511. The molecule has 0 aromatic rings. The Morgan fingerprint density at radius 2 is 0.895 bits per heavy atom. The molecule has 4 atom stereocenters. The van der Waals surface area contributed by atoms with Crippen molar-refractivity contribution in [2.45, 2.75) is 78.6 Å². The minimum atomic E-state index is -0.345. The van der Waals surface area contributed by atoms with Gasteiger partial charge in [-0.3, -0.25) is 38.8 Å². The first-order valence-electron chi connectivity index (χ1n) is 13.6. The third-order valence-electron chi connectivity index (χ3n) is 7.06. The second-order valence-corrected chi connectivity index (χ2v) is 11.5. The second kappa shape index (κ2) is 15.0. The fourth-order valence-corrected chi connectivity index (χ4v) is 4.84. The lowest BCUT2D eigenvalue weighted by molar-refractivity contribution is -0.164. The maximum atomic E-state index is 12.7. The van der Waals surface area contributed by atoms with Gasteiger partial charge < -0.3 is 20.9 Å². The molecule has 2 rings (SSSR count). The van der Waals surface area contributed by atoms with Crippen molar-refractivity contribution in [2.75, 3.05) is 52.9 Å². The van der Waals surface area contributed by atoms with Crippen molar-refractivity contribution in [2.24, 2.45) is 23.3 Å². The highest BCUT2D eigenvalue weighted by atomic mass is 16.5. The Hall–Kier alpha value is -1.96. The maximum absolute atomic E-state index is 12.7. The number of rotatable bonds is 15. The minimum absolute atomic E-state index is 0.0466. The number of carbonyl (C=O) groups is 4. The highest BCUT2D eigenvalue weighted by molar-refractivity contribution is 6.00. The van der Waals surface area contributed by atoms with Gasteiger partial charge in [0.05, 0.1) is 39.4 Å². The van der Waals surface area contributed by atoms with Crippen molar-refractivity contribution in [3.05, 3.63) is 0 Å². The molecule has 218 valence electrons. The fraction of sp³-hybridized carbons (Fsp3) is 0.846. The highest BCUT2D eigenvalue weighted by Crippen LogP contribution is 2.18. The summed E-state index contributed by atoms with van der Waals surface area (Å²) in [4.78, 5) is 56.7. The van der Waals surface area contributed by atoms with E-state index in [4.69, 9.17) is 20.9 Å². The number of nitrogens with two attached hydrogens (primary N) is 2. The quantitative estimate of drug-likeness (QED) is 0.267. The number of ether oxygens (including phenoxy) is 2. The summed E-state index contributed by atoms with van der Waals surface area (Å²) in [6.07, 6.45) is 1.59. The SMILES string of the molecule is CC(C)CC(N)COCN1C(=O)CN(C(C)C(C)N2CC(=O)N(COCC(N)CC(C)C)C(=O)C2)CC1=O. The molecule has 0 aliphatic carbocycles. The summed E-state index contributed by atoms with van der Waals surface area (Å²) in [6, 6.07) is -0.796. The monoisotopic (exact) mass is 540 g/mol. The van der Waals surface area contributed by atoms with Crippen molar-refractivity contribution in [3.8, 4) is 0 Å². The Kier molecular flexibility index (Phi) is 12.7. The fourth-order valence-electron chi connectivity index (χ4n) is 4.84. The van der Waals surface area contributed by atoms with Crippen molar-refractivity contribution < 1.29 is 28.7 Å². The molecule has 0 aromatic heterocycles. The van der Waals surface area contributed by atoms with Gasteiger partial charge in [0, 0.05) is 24.2 Å². The molecule has 2 saturated heterocycles. The zero-order valence-corrected chi connectivity index (χ0v) is 23.9. The van der Waals surface area contributed by atoms with Gasteiger partial charge in [-0.1, -0.05) is 27.7 Å². The molecule has 0 spiro atoms. The summed E-state index contributed by atoms with van der Waals surface area (Å²) in [6.45, 7) is 12.6. The van der Waals surface area contributed by atoms with Gasteiger partial charge in [-0.2, -0.15) is 0 Å². The van der Waals surface area contributed by atoms with Crippen LogP contribution < -0.4 is 11.5 Å². The van der Waals surface area contributed by atoms with Crippen LogP contribution in [0.3, 0.4) is 0 Å². The average Bonchev–Trinajstić information content (AvgIpc) is 2.80. The zero-order chi connectivity index (χ0) is 28.6. The normalized spacial score (nSPS) is 21.5. The van der Waals surface area contributed by atoms with E-state index in [0.717, 1.165) is 22.6 Å². The highest BCUT2D eigenvalue weighted by Gasteiger charge is 2.39. The Balaban J connectivity index is 1.84. The van der Waals surface area contributed by atoms with E-state index < -0.39 is 0 Å². The molecule has 4 amide bonds.